The number of halogens is 4. The number of hydrogen-bond donors (Lipinski definition) is 2. The molecule has 116 valence electrons. The van der Waals surface area contributed by atoms with E-state index in [0.29, 0.717) is 11.3 Å². The number of hydrogen-bond acceptors (Lipinski definition) is 2. The summed E-state index contributed by atoms with van der Waals surface area (Å²) in [6.45, 7) is 0.382. The Morgan fingerprint density at radius 3 is 2.05 bits per heavy atom. The summed E-state index contributed by atoms with van der Waals surface area (Å²) >= 11 is 0. The molecule has 2 N–H and O–H groups in total. The van der Waals surface area contributed by atoms with Crippen molar-refractivity contribution < 1.29 is 32.3 Å². The Bertz CT molecular complexity index is 387. The van der Waals surface area contributed by atoms with Crippen LogP contribution in [0.25, 0.3) is 0 Å². The van der Waals surface area contributed by atoms with E-state index in [1.165, 1.54) is 6.92 Å². The summed E-state index contributed by atoms with van der Waals surface area (Å²) in [5.74, 6) is -10.2. The van der Waals surface area contributed by atoms with Gasteiger partial charge in [0.25, 0.3) is 0 Å². The Balaban J connectivity index is 2.89. The van der Waals surface area contributed by atoms with Gasteiger partial charge in [-0.3, -0.25) is 4.79 Å². The standard InChI is InChI=1S/C11H16F4N2O3/c1-3-6(2)7(16-9(19)20)8(18)17-4-10(12,13)11(14,15)5-17/h6-7,16H,3-5H2,1-2H3,(H,19,20)/t6-,7?/m1/s1. The van der Waals surface area contributed by atoms with Crippen molar-refractivity contribution >= 4 is 12.0 Å². The molecule has 0 aromatic carbocycles. The molecule has 0 aromatic rings. The predicted molar refractivity (Wildman–Crippen MR) is 60.9 cm³/mol. The van der Waals surface area contributed by atoms with Crippen molar-refractivity contribution in [3.05, 3.63) is 0 Å². The monoisotopic (exact) mass is 300 g/mol. The summed E-state index contributed by atoms with van der Waals surface area (Å²) in [6, 6.07) is -1.32. The van der Waals surface area contributed by atoms with Crippen LogP contribution < -0.4 is 5.32 Å². The third-order valence-electron chi connectivity index (χ3n) is 3.38. The Morgan fingerprint density at radius 2 is 1.70 bits per heavy atom. The minimum Gasteiger partial charge on any atom is -0.465 e. The quantitative estimate of drug-likeness (QED) is 0.778. The van der Waals surface area contributed by atoms with Crippen LogP contribution in [0.5, 0.6) is 0 Å². The van der Waals surface area contributed by atoms with Crippen LogP contribution in [0.3, 0.4) is 0 Å². The minimum atomic E-state index is -4.30. The number of rotatable bonds is 4. The molecule has 1 saturated heterocycles. The zero-order valence-corrected chi connectivity index (χ0v) is 11.0. The van der Waals surface area contributed by atoms with E-state index in [2.05, 4.69) is 0 Å². The van der Waals surface area contributed by atoms with E-state index in [0.717, 1.165) is 0 Å². The molecule has 1 rings (SSSR count). The molecule has 0 spiro atoms. The Labute approximate surface area is 112 Å². The van der Waals surface area contributed by atoms with Gasteiger partial charge in [0, 0.05) is 0 Å². The second kappa shape index (κ2) is 5.45. The highest BCUT2D eigenvalue weighted by Gasteiger charge is 2.64. The molecule has 0 radical (unpaired) electrons. The number of nitrogens with zero attached hydrogens (tertiary/aromatic N) is 1. The maximum Gasteiger partial charge on any atom is 0.405 e. The van der Waals surface area contributed by atoms with E-state index >= 15 is 0 Å². The molecule has 2 amide bonds. The molecule has 1 aliphatic heterocycles. The van der Waals surface area contributed by atoms with Crippen LogP contribution in [0.2, 0.25) is 0 Å². The Morgan fingerprint density at radius 1 is 1.25 bits per heavy atom. The van der Waals surface area contributed by atoms with Crippen molar-refractivity contribution in [1.29, 1.82) is 0 Å². The topological polar surface area (TPSA) is 69.6 Å². The van der Waals surface area contributed by atoms with Crippen molar-refractivity contribution in [2.75, 3.05) is 13.1 Å². The summed E-state index contributed by atoms with van der Waals surface area (Å²) in [7, 11) is 0. The van der Waals surface area contributed by atoms with Gasteiger partial charge in [-0.15, -0.1) is 0 Å². The number of carbonyl (C=O) groups is 2. The lowest BCUT2D eigenvalue weighted by Crippen LogP contribution is -2.51. The van der Waals surface area contributed by atoms with Gasteiger partial charge in [-0.25, -0.2) is 4.79 Å². The number of likely N-dealkylation sites (tertiary alicyclic amines) is 1. The van der Waals surface area contributed by atoms with E-state index in [4.69, 9.17) is 5.11 Å². The first-order valence-electron chi connectivity index (χ1n) is 6.05. The van der Waals surface area contributed by atoms with Crippen molar-refractivity contribution in [2.45, 2.75) is 38.2 Å². The molecule has 1 heterocycles. The zero-order chi connectivity index (χ0) is 15.7. The van der Waals surface area contributed by atoms with Crippen LogP contribution in [0.4, 0.5) is 22.4 Å². The molecule has 0 saturated carbocycles. The highest BCUT2D eigenvalue weighted by molar-refractivity contribution is 5.86. The number of amides is 2. The van der Waals surface area contributed by atoms with Gasteiger partial charge in [-0.1, -0.05) is 20.3 Å². The zero-order valence-electron chi connectivity index (χ0n) is 11.0. The van der Waals surface area contributed by atoms with E-state index in [1.54, 1.807) is 6.92 Å². The maximum atomic E-state index is 13.1. The predicted octanol–water partition coefficient (Wildman–Crippen LogP) is 1.78. The lowest BCUT2D eigenvalue weighted by molar-refractivity contribution is -0.172. The first kappa shape index (κ1) is 16.5. The van der Waals surface area contributed by atoms with E-state index in [-0.39, 0.29) is 0 Å². The molecule has 20 heavy (non-hydrogen) atoms. The van der Waals surface area contributed by atoms with Crippen molar-refractivity contribution in [3.63, 3.8) is 0 Å². The highest BCUT2D eigenvalue weighted by atomic mass is 19.3. The largest absolute Gasteiger partial charge is 0.465 e. The average molecular weight is 300 g/mol. The van der Waals surface area contributed by atoms with Crippen molar-refractivity contribution in [3.8, 4) is 0 Å². The number of carbonyl (C=O) groups excluding carboxylic acids is 1. The third-order valence-corrected chi connectivity index (χ3v) is 3.38. The SMILES string of the molecule is CC[C@@H](C)C(NC(=O)O)C(=O)N1CC(F)(F)C(F)(F)C1. The van der Waals surface area contributed by atoms with Gasteiger partial charge in [0.05, 0.1) is 13.1 Å². The minimum absolute atomic E-state index is 0.312. The highest BCUT2D eigenvalue weighted by Crippen LogP contribution is 2.41. The summed E-state index contributed by atoms with van der Waals surface area (Å²) in [6.07, 6.45) is -1.13. The average Bonchev–Trinajstić information content (AvgIpc) is 2.53. The van der Waals surface area contributed by atoms with Crippen molar-refractivity contribution in [2.24, 2.45) is 5.92 Å². The van der Waals surface area contributed by atoms with E-state index in [9.17, 15) is 27.2 Å². The number of nitrogens with one attached hydrogen (secondary N) is 1. The molecule has 0 aromatic heterocycles. The van der Waals surface area contributed by atoms with Crippen LogP contribution in [0.1, 0.15) is 20.3 Å². The smallest absolute Gasteiger partial charge is 0.405 e. The van der Waals surface area contributed by atoms with Crippen molar-refractivity contribution in [1.82, 2.24) is 10.2 Å². The van der Waals surface area contributed by atoms with E-state index in [1.807, 2.05) is 5.32 Å². The fourth-order valence-electron chi connectivity index (χ4n) is 1.94. The first-order chi connectivity index (χ1) is 9.01. The summed E-state index contributed by atoms with van der Waals surface area (Å²) in [4.78, 5) is 22.9. The first-order valence-corrected chi connectivity index (χ1v) is 6.05. The number of alkyl halides is 4. The molecule has 1 aliphatic rings. The third kappa shape index (κ3) is 3.13. The van der Waals surface area contributed by atoms with Gasteiger partial charge in [-0.2, -0.15) is 17.6 Å². The summed E-state index contributed by atoms with van der Waals surface area (Å²) < 4.78 is 52.2. The summed E-state index contributed by atoms with van der Waals surface area (Å²) in [5.41, 5.74) is 0. The van der Waals surface area contributed by atoms with Crippen LogP contribution >= 0.6 is 0 Å². The lowest BCUT2D eigenvalue weighted by atomic mass is 9.98. The Hall–Kier alpha value is -1.54. The molecule has 2 atom stereocenters. The van der Waals surface area contributed by atoms with Gasteiger partial charge >= 0.3 is 17.9 Å². The van der Waals surface area contributed by atoms with Gasteiger partial charge in [0.15, 0.2) is 0 Å². The van der Waals surface area contributed by atoms with Gasteiger partial charge in [0.1, 0.15) is 6.04 Å². The van der Waals surface area contributed by atoms with Crippen LogP contribution in [0, 0.1) is 5.92 Å². The molecule has 0 bridgehead atoms. The van der Waals surface area contributed by atoms with Gasteiger partial charge in [0.2, 0.25) is 5.91 Å². The van der Waals surface area contributed by atoms with Crippen LogP contribution in [0.15, 0.2) is 0 Å². The maximum absolute atomic E-state index is 13.1. The fraction of sp³-hybridized carbons (Fsp3) is 0.818. The summed E-state index contributed by atoms with van der Waals surface area (Å²) in [5, 5.41) is 10.5. The molecular weight excluding hydrogens is 284 g/mol. The van der Waals surface area contributed by atoms with Crippen LogP contribution in [-0.2, 0) is 4.79 Å². The second-order valence-electron chi connectivity index (χ2n) is 4.92. The van der Waals surface area contributed by atoms with E-state index < -0.39 is 48.9 Å². The molecule has 0 aliphatic carbocycles. The fourth-order valence-corrected chi connectivity index (χ4v) is 1.94. The molecular formula is C11H16F4N2O3. The van der Waals surface area contributed by atoms with Gasteiger partial charge < -0.3 is 15.3 Å². The lowest BCUT2D eigenvalue weighted by Gasteiger charge is -2.26. The molecule has 9 heteroatoms. The molecule has 1 unspecified atom stereocenters. The van der Waals surface area contributed by atoms with Crippen LogP contribution in [-0.4, -0.2) is 53.0 Å². The van der Waals surface area contributed by atoms with Gasteiger partial charge in [-0.05, 0) is 5.92 Å². The molecule has 5 nitrogen and oxygen atoms in total. The Kier molecular flexibility index (Phi) is 4.50. The molecule has 1 fully saturated rings. The second-order valence-corrected chi connectivity index (χ2v) is 4.92. The normalized spacial score (nSPS) is 23.2. The number of carboxylic acid groups (broad SMARTS) is 1.